The molecule has 3 rings (SSSR count). The fourth-order valence-electron chi connectivity index (χ4n) is 2.44. The quantitative estimate of drug-likeness (QED) is 0.790. The van der Waals surface area contributed by atoms with Crippen molar-refractivity contribution in [3.05, 3.63) is 59.2 Å². The number of carbonyl (C=O) groups is 1. The number of carboxylic acid groups (broad SMARTS) is 1. The normalized spacial score (nSPS) is 10.6. The molecule has 0 amide bonds. The zero-order valence-electron chi connectivity index (χ0n) is 13.2. The Balaban J connectivity index is 2.10. The van der Waals surface area contributed by atoms with E-state index >= 15 is 0 Å². The van der Waals surface area contributed by atoms with Crippen LogP contribution >= 0.6 is 11.6 Å². The fourth-order valence-corrected chi connectivity index (χ4v) is 2.61. The molecule has 3 aromatic rings. The maximum atomic E-state index is 11.5. The van der Waals surface area contributed by atoms with Gasteiger partial charge in [0.05, 0.1) is 17.2 Å². The van der Waals surface area contributed by atoms with Crippen molar-refractivity contribution in [2.24, 2.45) is 0 Å². The number of hydrogen-bond donors (Lipinski definition) is 1. The third-order valence-corrected chi connectivity index (χ3v) is 3.94. The summed E-state index contributed by atoms with van der Waals surface area (Å²) in [6.07, 6.45) is 1.29. The predicted octanol–water partition coefficient (Wildman–Crippen LogP) is 3.06. The van der Waals surface area contributed by atoms with Gasteiger partial charge in [-0.05, 0) is 42.5 Å². The lowest BCUT2D eigenvalue weighted by atomic mass is 10.1. The van der Waals surface area contributed by atoms with Gasteiger partial charge in [0, 0.05) is 47.6 Å². The van der Waals surface area contributed by atoms with Gasteiger partial charge in [0.25, 0.3) is 0 Å². The molecule has 0 atom stereocenters. The molecule has 0 fully saturated rings. The summed E-state index contributed by atoms with van der Waals surface area (Å²) >= 11 is 6.06. The van der Waals surface area contributed by atoms with Gasteiger partial charge in [-0.15, -0.1) is 0 Å². The molecule has 0 aliphatic carbocycles. The average Bonchev–Trinajstić information content (AvgIpc) is 2.55. The van der Waals surface area contributed by atoms with Crippen molar-refractivity contribution in [1.29, 1.82) is 0 Å². The second kappa shape index (κ2) is 6.37. The molecular weight excluding hydrogens is 326 g/mol. The number of fused-ring (bicyclic) bond motifs is 1. The average molecular weight is 341 g/mol. The Kier molecular flexibility index (Phi) is 4.27. The van der Waals surface area contributed by atoms with Crippen molar-refractivity contribution < 1.29 is 9.90 Å². The molecule has 6 heteroatoms. The summed E-state index contributed by atoms with van der Waals surface area (Å²) in [4.78, 5) is 17.6. The number of anilines is 3. The minimum absolute atomic E-state index is 0.0125. The maximum absolute atomic E-state index is 11.5. The van der Waals surface area contributed by atoms with Gasteiger partial charge < -0.3 is 20.1 Å². The summed E-state index contributed by atoms with van der Waals surface area (Å²) in [5.41, 5.74) is 2.86. The fraction of sp³-hybridized carbons (Fsp3) is 0.111. The van der Waals surface area contributed by atoms with E-state index in [-0.39, 0.29) is 5.56 Å². The van der Waals surface area contributed by atoms with Crippen LogP contribution in [-0.4, -0.2) is 25.0 Å². The summed E-state index contributed by atoms with van der Waals surface area (Å²) in [5.74, 6) is -1.29. The first kappa shape index (κ1) is 16.1. The molecule has 0 saturated carbocycles. The Labute approximate surface area is 144 Å². The summed E-state index contributed by atoms with van der Waals surface area (Å²) in [6.45, 7) is 0. The van der Waals surface area contributed by atoms with E-state index in [2.05, 4.69) is 10.3 Å². The number of hydrogen-bond acceptors (Lipinski definition) is 5. The molecule has 0 bridgehead atoms. The van der Waals surface area contributed by atoms with Gasteiger partial charge in [-0.1, -0.05) is 11.6 Å². The third kappa shape index (κ3) is 3.12. The molecule has 122 valence electrons. The smallest absolute Gasteiger partial charge is 0.0752 e. The first-order valence-corrected chi connectivity index (χ1v) is 7.67. The number of nitrogens with one attached hydrogen (secondary N) is 1. The number of halogens is 1. The topological polar surface area (TPSA) is 68.3 Å². The van der Waals surface area contributed by atoms with Crippen molar-refractivity contribution in [3.8, 4) is 0 Å². The molecule has 0 aliphatic rings. The van der Waals surface area contributed by atoms with Crippen LogP contribution < -0.4 is 15.3 Å². The molecule has 24 heavy (non-hydrogen) atoms. The molecule has 0 radical (unpaired) electrons. The zero-order valence-corrected chi connectivity index (χ0v) is 14.0. The van der Waals surface area contributed by atoms with Crippen molar-refractivity contribution >= 4 is 45.5 Å². The SMILES string of the molecule is CN(C)c1ccc(Nc2c(C(=O)[O-])cnc3ccc(Cl)cc23)cc1. The van der Waals surface area contributed by atoms with Crippen LogP contribution in [0.2, 0.25) is 5.02 Å². The van der Waals surface area contributed by atoms with Crippen LogP contribution in [0, 0.1) is 0 Å². The largest absolute Gasteiger partial charge is 0.545 e. The number of aromatic nitrogens is 1. The third-order valence-electron chi connectivity index (χ3n) is 3.70. The zero-order chi connectivity index (χ0) is 17.3. The number of nitrogens with zero attached hydrogens (tertiary/aromatic N) is 2. The standard InChI is InChI=1S/C18H16ClN3O2/c1-22(2)13-6-4-12(5-7-13)21-17-14-9-11(19)3-8-16(14)20-10-15(17)18(23)24/h3-10H,1-2H3,(H,20,21)(H,23,24)/p-1. The van der Waals surface area contributed by atoms with Crippen LogP contribution in [0.25, 0.3) is 10.9 Å². The lowest BCUT2D eigenvalue weighted by molar-refractivity contribution is -0.254. The molecule has 1 aromatic heterocycles. The number of carboxylic acids is 1. The van der Waals surface area contributed by atoms with Crippen LogP contribution in [-0.2, 0) is 0 Å². The molecule has 1 N–H and O–H groups in total. The summed E-state index contributed by atoms with van der Waals surface area (Å²) in [6, 6.07) is 12.8. The van der Waals surface area contributed by atoms with E-state index in [0.717, 1.165) is 11.4 Å². The molecule has 1 heterocycles. The Morgan fingerprint density at radius 1 is 1.17 bits per heavy atom. The van der Waals surface area contributed by atoms with Crippen molar-refractivity contribution in [1.82, 2.24) is 4.98 Å². The maximum Gasteiger partial charge on any atom is 0.0752 e. The molecular formula is C18H15ClN3O2-. The van der Waals surface area contributed by atoms with Crippen molar-refractivity contribution in [2.75, 3.05) is 24.3 Å². The van der Waals surface area contributed by atoms with Gasteiger partial charge in [-0.25, -0.2) is 0 Å². The van der Waals surface area contributed by atoms with Gasteiger partial charge in [-0.2, -0.15) is 0 Å². The highest BCUT2D eigenvalue weighted by Gasteiger charge is 2.11. The van der Waals surface area contributed by atoms with Crippen molar-refractivity contribution in [2.45, 2.75) is 0 Å². The highest BCUT2D eigenvalue weighted by molar-refractivity contribution is 6.31. The van der Waals surface area contributed by atoms with E-state index in [1.54, 1.807) is 18.2 Å². The van der Waals surface area contributed by atoms with E-state index in [4.69, 9.17) is 11.6 Å². The highest BCUT2D eigenvalue weighted by Crippen LogP contribution is 2.31. The lowest BCUT2D eigenvalue weighted by Crippen LogP contribution is -2.23. The van der Waals surface area contributed by atoms with E-state index in [1.807, 2.05) is 43.3 Å². The Morgan fingerprint density at radius 3 is 2.50 bits per heavy atom. The number of benzene rings is 2. The van der Waals surface area contributed by atoms with E-state index in [0.29, 0.717) is 21.6 Å². The van der Waals surface area contributed by atoms with Gasteiger partial charge in [0.2, 0.25) is 0 Å². The Hall–Kier alpha value is -2.79. The summed E-state index contributed by atoms with van der Waals surface area (Å²) in [7, 11) is 3.91. The van der Waals surface area contributed by atoms with Crippen molar-refractivity contribution in [3.63, 3.8) is 0 Å². The minimum atomic E-state index is -1.29. The van der Waals surface area contributed by atoms with Gasteiger partial charge >= 0.3 is 0 Å². The molecule has 0 aliphatic heterocycles. The predicted molar refractivity (Wildman–Crippen MR) is 95.1 cm³/mol. The van der Waals surface area contributed by atoms with Crippen LogP contribution in [0.5, 0.6) is 0 Å². The van der Waals surface area contributed by atoms with Crippen LogP contribution in [0.1, 0.15) is 10.4 Å². The first-order chi connectivity index (χ1) is 11.5. The molecule has 0 unspecified atom stereocenters. The Morgan fingerprint density at radius 2 is 1.88 bits per heavy atom. The van der Waals surface area contributed by atoms with Gasteiger partial charge in [0.1, 0.15) is 0 Å². The second-order valence-electron chi connectivity index (χ2n) is 5.56. The second-order valence-corrected chi connectivity index (χ2v) is 6.00. The molecule has 0 saturated heterocycles. The number of carbonyl (C=O) groups excluding carboxylic acids is 1. The highest BCUT2D eigenvalue weighted by atomic mass is 35.5. The summed E-state index contributed by atoms with van der Waals surface area (Å²) < 4.78 is 0. The van der Waals surface area contributed by atoms with E-state index in [1.165, 1.54) is 6.20 Å². The number of pyridine rings is 1. The number of rotatable bonds is 4. The Bertz CT molecular complexity index is 908. The molecule has 5 nitrogen and oxygen atoms in total. The summed E-state index contributed by atoms with van der Waals surface area (Å²) in [5, 5.41) is 15.7. The van der Waals surface area contributed by atoms with Gasteiger partial charge in [0.15, 0.2) is 0 Å². The van der Waals surface area contributed by atoms with Gasteiger partial charge in [-0.3, -0.25) is 4.98 Å². The van der Waals surface area contributed by atoms with Crippen LogP contribution in [0.15, 0.2) is 48.7 Å². The number of aromatic carboxylic acids is 1. The van der Waals surface area contributed by atoms with Crippen LogP contribution in [0.3, 0.4) is 0 Å². The molecule has 0 spiro atoms. The monoisotopic (exact) mass is 340 g/mol. The molecule has 2 aromatic carbocycles. The van der Waals surface area contributed by atoms with E-state index in [9.17, 15) is 9.90 Å². The lowest BCUT2D eigenvalue weighted by Gasteiger charge is -2.17. The van der Waals surface area contributed by atoms with Crippen LogP contribution in [0.4, 0.5) is 17.1 Å². The minimum Gasteiger partial charge on any atom is -0.545 e. The van der Waals surface area contributed by atoms with E-state index < -0.39 is 5.97 Å². The first-order valence-electron chi connectivity index (χ1n) is 7.30.